The van der Waals surface area contributed by atoms with Gasteiger partial charge in [0.05, 0.1) is 12.6 Å². The predicted molar refractivity (Wildman–Crippen MR) is 94.3 cm³/mol. The number of carbonyl (C=O) groups is 1. The van der Waals surface area contributed by atoms with E-state index in [1.165, 1.54) is 5.56 Å². The molecule has 0 aromatic heterocycles. The van der Waals surface area contributed by atoms with Gasteiger partial charge in [0.25, 0.3) is 5.91 Å². The lowest BCUT2D eigenvalue weighted by Gasteiger charge is -2.32. The van der Waals surface area contributed by atoms with Gasteiger partial charge < -0.3 is 14.8 Å². The molecule has 2 aliphatic rings. The van der Waals surface area contributed by atoms with Crippen LogP contribution >= 0.6 is 0 Å². The third kappa shape index (κ3) is 3.67. The summed E-state index contributed by atoms with van der Waals surface area (Å²) in [6, 6.07) is 18.0. The van der Waals surface area contributed by atoms with Gasteiger partial charge in [0, 0.05) is 25.2 Å². The summed E-state index contributed by atoms with van der Waals surface area (Å²) in [5, 5.41) is 3.07. The van der Waals surface area contributed by atoms with Crippen molar-refractivity contribution in [2.24, 2.45) is 0 Å². The molecule has 1 fully saturated rings. The van der Waals surface area contributed by atoms with Crippen molar-refractivity contribution < 1.29 is 14.3 Å². The van der Waals surface area contributed by atoms with Crippen molar-refractivity contribution in [3.63, 3.8) is 0 Å². The number of hydrogen-bond acceptors (Lipinski definition) is 4. The molecule has 0 spiro atoms. The van der Waals surface area contributed by atoms with Crippen molar-refractivity contribution in [2.45, 2.75) is 18.7 Å². The van der Waals surface area contributed by atoms with E-state index in [0.29, 0.717) is 19.8 Å². The lowest BCUT2D eigenvalue weighted by Crippen LogP contribution is -2.50. The number of nitrogens with one attached hydrogen (secondary N) is 1. The quantitative estimate of drug-likeness (QED) is 0.928. The van der Waals surface area contributed by atoms with Crippen LogP contribution in [0, 0.1) is 0 Å². The highest BCUT2D eigenvalue weighted by molar-refractivity contribution is 5.81. The molecule has 25 heavy (non-hydrogen) atoms. The molecule has 0 aliphatic carbocycles. The van der Waals surface area contributed by atoms with Gasteiger partial charge >= 0.3 is 0 Å². The van der Waals surface area contributed by atoms with Gasteiger partial charge in [0.15, 0.2) is 0 Å². The molecule has 4 rings (SSSR count). The average Bonchev–Trinajstić information content (AvgIpc) is 3.06. The highest BCUT2D eigenvalue weighted by Gasteiger charge is 2.31. The molecule has 2 aromatic carbocycles. The Morgan fingerprint density at radius 3 is 2.80 bits per heavy atom. The van der Waals surface area contributed by atoms with Crippen molar-refractivity contribution in [1.82, 2.24) is 10.2 Å². The van der Waals surface area contributed by atoms with Crippen molar-refractivity contribution in [3.8, 4) is 5.75 Å². The second-order valence-electron chi connectivity index (χ2n) is 6.49. The van der Waals surface area contributed by atoms with Gasteiger partial charge in [0.2, 0.25) is 0 Å². The molecular formula is C20H22N2O3. The molecule has 5 nitrogen and oxygen atoms in total. The molecule has 2 atom stereocenters. The number of hydrogen-bond donors (Lipinski definition) is 1. The topological polar surface area (TPSA) is 50.8 Å². The SMILES string of the molecule is O=C(NC1COc2ccccc21)C1CN(Cc2ccccc2)CCO1. The Bertz CT molecular complexity index is 735. The van der Waals surface area contributed by atoms with E-state index in [1.807, 2.05) is 42.5 Å². The van der Waals surface area contributed by atoms with E-state index >= 15 is 0 Å². The van der Waals surface area contributed by atoms with Crippen LogP contribution < -0.4 is 10.1 Å². The smallest absolute Gasteiger partial charge is 0.251 e. The second kappa shape index (κ2) is 7.25. The lowest BCUT2D eigenvalue weighted by atomic mass is 10.1. The molecule has 1 amide bonds. The number of benzene rings is 2. The van der Waals surface area contributed by atoms with Crippen LogP contribution in [0.25, 0.3) is 0 Å². The molecule has 2 aromatic rings. The van der Waals surface area contributed by atoms with Gasteiger partial charge in [-0.3, -0.25) is 9.69 Å². The largest absolute Gasteiger partial charge is 0.491 e. The van der Waals surface area contributed by atoms with Crippen LogP contribution in [0.15, 0.2) is 54.6 Å². The third-order valence-electron chi connectivity index (χ3n) is 4.71. The molecule has 0 saturated carbocycles. The van der Waals surface area contributed by atoms with Gasteiger partial charge in [-0.05, 0) is 11.6 Å². The van der Waals surface area contributed by atoms with Gasteiger partial charge in [-0.15, -0.1) is 0 Å². The fourth-order valence-corrected chi connectivity index (χ4v) is 3.39. The molecule has 2 heterocycles. The number of carbonyl (C=O) groups excluding carboxylic acids is 1. The Balaban J connectivity index is 1.36. The summed E-state index contributed by atoms with van der Waals surface area (Å²) in [6.07, 6.45) is -0.440. The minimum absolute atomic E-state index is 0.0666. The molecular weight excluding hydrogens is 316 g/mol. The Hall–Kier alpha value is -2.37. The average molecular weight is 338 g/mol. The molecule has 1 N–H and O–H groups in total. The van der Waals surface area contributed by atoms with E-state index in [9.17, 15) is 4.79 Å². The fourth-order valence-electron chi connectivity index (χ4n) is 3.39. The van der Waals surface area contributed by atoms with E-state index in [0.717, 1.165) is 24.4 Å². The molecule has 2 aliphatic heterocycles. The van der Waals surface area contributed by atoms with Crippen LogP contribution in [0.1, 0.15) is 17.2 Å². The Labute approximate surface area is 147 Å². The van der Waals surface area contributed by atoms with Crippen molar-refractivity contribution >= 4 is 5.91 Å². The monoisotopic (exact) mass is 338 g/mol. The van der Waals surface area contributed by atoms with E-state index < -0.39 is 6.10 Å². The van der Waals surface area contributed by atoms with E-state index in [4.69, 9.17) is 9.47 Å². The third-order valence-corrected chi connectivity index (χ3v) is 4.71. The Morgan fingerprint density at radius 1 is 1.12 bits per heavy atom. The van der Waals surface area contributed by atoms with E-state index in [2.05, 4.69) is 22.3 Å². The number of fused-ring (bicyclic) bond motifs is 1. The summed E-state index contributed by atoms with van der Waals surface area (Å²) in [5.74, 6) is 0.783. The highest BCUT2D eigenvalue weighted by atomic mass is 16.5. The van der Waals surface area contributed by atoms with Crippen molar-refractivity contribution in [1.29, 1.82) is 0 Å². The highest BCUT2D eigenvalue weighted by Crippen LogP contribution is 2.31. The molecule has 1 saturated heterocycles. The van der Waals surface area contributed by atoms with Crippen LogP contribution in [-0.2, 0) is 16.1 Å². The zero-order valence-electron chi connectivity index (χ0n) is 14.1. The Kier molecular flexibility index (Phi) is 4.68. The minimum Gasteiger partial charge on any atom is -0.491 e. The summed E-state index contributed by atoms with van der Waals surface area (Å²) >= 11 is 0. The van der Waals surface area contributed by atoms with Crippen LogP contribution in [0.3, 0.4) is 0 Å². The van der Waals surface area contributed by atoms with E-state index in [-0.39, 0.29) is 11.9 Å². The first-order chi connectivity index (χ1) is 12.3. The second-order valence-corrected chi connectivity index (χ2v) is 6.49. The number of morpholine rings is 1. The van der Waals surface area contributed by atoms with Gasteiger partial charge in [-0.1, -0.05) is 48.5 Å². The van der Waals surface area contributed by atoms with Crippen molar-refractivity contribution in [3.05, 3.63) is 65.7 Å². The van der Waals surface area contributed by atoms with Gasteiger partial charge in [-0.25, -0.2) is 0 Å². The van der Waals surface area contributed by atoms with Gasteiger partial charge in [-0.2, -0.15) is 0 Å². The van der Waals surface area contributed by atoms with Crippen molar-refractivity contribution in [2.75, 3.05) is 26.3 Å². The first kappa shape index (κ1) is 16.1. The normalized spacial score (nSPS) is 22.9. The van der Waals surface area contributed by atoms with Crippen LogP contribution in [0.4, 0.5) is 0 Å². The summed E-state index contributed by atoms with van der Waals surface area (Å²) in [4.78, 5) is 14.9. The molecule has 130 valence electrons. The summed E-state index contributed by atoms with van der Waals surface area (Å²) < 4.78 is 11.3. The van der Waals surface area contributed by atoms with Gasteiger partial charge in [0.1, 0.15) is 18.5 Å². The van der Waals surface area contributed by atoms with Crippen LogP contribution in [0.5, 0.6) is 5.75 Å². The summed E-state index contributed by atoms with van der Waals surface area (Å²) in [5.41, 5.74) is 2.29. The maximum Gasteiger partial charge on any atom is 0.251 e. The number of ether oxygens (including phenoxy) is 2. The van der Waals surface area contributed by atoms with Crippen LogP contribution in [0.2, 0.25) is 0 Å². The fraction of sp³-hybridized carbons (Fsp3) is 0.350. The molecule has 0 bridgehead atoms. The number of para-hydroxylation sites is 1. The molecule has 5 heteroatoms. The lowest BCUT2D eigenvalue weighted by molar-refractivity contribution is -0.139. The standard InChI is InChI=1S/C20H22N2O3/c23-20(21-17-14-25-18-9-5-4-8-16(17)18)19-13-22(10-11-24-19)12-15-6-2-1-3-7-15/h1-9,17,19H,10-14H2,(H,21,23). The predicted octanol–water partition coefficient (Wildman–Crippen LogP) is 2.14. The molecule has 0 radical (unpaired) electrons. The number of nitrogens with zero attached hydrogens (tertiary/aromatic N) is 1. The zero-order valence-corrected chi connectivity index (χ0v) is 14.1. The molecule has 2 unspecified atom stereocenters. The number of rotatable bonds is 4. The number of amides is 1. The minimum atomic E-state index is -0.440. The maximum atomic E-state index is 12.6. The summed E-state index contributed by atoms with van der Waals surface area (Å²) in [6.45, 7) is 3.33. The Morgan fingerprint density at radius 2 is 1.92 bits per heavy atom. The van der Waals surface area contributed by atoms with Crippen LogP contribution in [-0.4, -0.2) is 43.2 Å². The summed E-state index contributed by atoms with van der Waals surface area (Å²) in [7, 11) is 0. The first-order valence-electron chi connectivity index (χ1n) is 8.69. The first-order valence-corrected chi connectivity index (χ1v) is 8.69. The van der Waals surface area contributed by atoms with E-state index in [1.54, 1.807) is 0 Å². The maximum absolute atomic E-state index is 12.6. The zero-order chi connectivity index (χ0) is 17.1.